The minimum Gasteiger partial charge on any atom is -0.396 e. The van der Waals surface area contributed by atoms with E-state index in [9.17, 15) is 0 Å². The molecule has 1 atom stereocenters. The van der Waals surface area contributed by atoms with Gasteiger partial charge in [-0.1, -0.05) is 30.3 Å². The first-order valence-electron chi connectivity index (χ1n) is 5.28. The number of aromatic amines is 1. The first-order valence-corrected chi connectivity index (χ1v) is 5.28. The molecule has 0 spiro atoms. The molecule has 1 aromatic carbocycles. The lowest BCUT2D eigenvalue weighted by molar-refractivity contribution is 0.276. The van der Waals surface area contributed by atoms with Crippen LogP contribution in [0.25, 0.3) is 11.3 Å². The third-order valence-corrected chi connectivity index (χ3v) is 2.57. The number of hydrogen-bond donors (Lipinski definition) is 3. The lowest BCUT2D eigenvalue weighted by atomic mass is 10.0. The van der Waals surface area contributed by atoms with Gasteiger partial charge in [-0.2, -0.15) is 5.10 Å². The van der Waals surface area contributed by atoms with E-state index in [0.29, 0.717) is 6.42 Å². The van der Waals surface area contributed by atoms with Gasteiger partial charge in [0.2, 0.25) is 0 Å². The third-order valence-electron chi connectivity index (χ3n) is 2.57. The Kier molecular flexibility index (Phi) is 5.15. The summed E-state index contributed by atoms with van der Waals surface area (Å²) >= 11 is 0. The fourth-order valence-electron chi connectivity index (χ4n) is 1.71. The molecule has 2 rings (SSSR count). The van der Waals surface area contributed by atoms with E-state index in [2.05, 4.69) is 10.2 Å². The number of aromatic nitrogens is 2. The number of nitrogens with zero attached hydrogens (tertiary/aromatic N) is 1. The summed E-state index contributed by atoms with van der Waals surface area (Å²) in [4.78, 5) is 0. The van der Waals surface area contributed by atoms with Gasteiger partial charge in [0.1, 0.15) is 0 Å². The molecule has 0 aliphatic rings. The summed E-state index contributed by atoms with van der Waals surface area (Å²) in [6.45, 7) is 0.0839. The van der Waals surface area contributed by atoms with Gasteiger partial charge in [-0.3, -0.25) is 5.10 Å². The number of hydrogen-bond acceptors (Lipinski definition) is 3. The molecule has 1 aromatic heterocycles. The normalized spacial score (nSPS) is 11.9. The van der Waals surface area contributed by atoms with E-state index in [0.717, 1.165) is 16.8 Å². The molecule has 92 valence electrons. The first-order chi connectivity index (χ1) is 7.83. The number of nitrogens with one attached hydrogen (secondary N) is 1. The molecule has 2 aromatic rings. The smallest absolute Gasteiger partial charge is 0.0697 e. The highest BCUT2D eigenvalue weighted by molar-refractivity contribution is 5.85. The maximum atomic E-state index is 8.89. The topological polar surface area (TPSA) is 74.9 Å². The maximum Gasteiger partial charge on any atom is 0.0697 e. The quantitative estimate of drug-likeness (QED) is 0.779. The standard InChI is InChI=1S/C12H15N3O.ClH/c13-11(6-7-16)10-8-14-15-12(10)9-4-2-1-3-5-9;/h1-5,8,11,16H,6-7,13H2,(H,14,15);1H. The molecule has 1 heterocycles. The van der Waals surface area contributed by atoms with E-state index >= 15 is 0 Å². The SMILES string of the molecule is Cl.NC(CCO)c1cn[nH]c1-c1ccccc1. The highest BCUT2D eigenvalue weighted by Crippen LogP contribution is 2.25. The average molecular weight is 254 g/mol. The highest BCUT2D eigenvalue weighted by atomic mass is 35.5. The molecular formula is C12H16ClN3O. The Morgan fingerprint density at radius 3 is 2.65 bits per heavy atom. The number of halogens is 1. The number of aliphatic hydroxyl groups excluding tert-OH is 1. The number of benzene rings is 1. The Balaban J connectivity index is 0.00000144. The van der Waals surface area contributed by atoms with Crippen molar-refractivity contribution in [3.8, 4) is 11.3 Å². The first kappa shape index (κ1) is 13.7. The minimum absolute atomic E-state index is 0. The third kappa shape index (κ3) is 3.06. The van der Waals surface area contributed by atoms with Crippen molar-refractivity contribution in [2.75, 3.05) is 6.61 Å². The molecular weight excluding hydrogens is 238 g/mol. The van der Waals surface area contributed by atoms with Gasteiger partial charge in [0.15, 0.2) is 0 Å². The van der Waals surface area contributed by atoms with Gasteiger partial charge in [0, 0.05) is 18.2 Å². The Bertz CT molecular complexity index is 444. The van der Waals surface area contributed by atoms with E-state index < -0.39 is 0 Å². The fourth-order valence-corrected chi connectivity index (χ4v) is 1.71. The van der Waals surface area contributed by atoms with Crippen LogP contribution >= 0.6 is 12.4 Å². The summed E-state index contributed by atoms with van der Waals surface area (Å²) in [5.41, 5.74) is 8.90. The molecule has 0 aliphatic carbocycles. The Morgan fingerprint density at radius 2 is 2.00 bits per heavy atom. The van der Waals surface area contributed by atoms with Crippen LogP contribution in [0.2, 0.25) is 0 Å². The van der Waals surface area contributed by atoms with Crippen LogP contribution in [0.15, 0.2) is 36.5 Å². The molecule has 5 heteroatoms. The largest absolute Gasteiger partial charge is 0.396 e. The van der Waals surface area contributed by atoms with Crippen LogP contribution in [0.5, 0.6) is 0 Å². The molecule has 0 aliphatic heterocycles. The van der Waals surface area contributed by atoms with E-state index in [1.54, 1.807) is 6.20 Å². The maximum absolute atomic E-state index is 8.89. The second-order valence-corrected chi connectivity index (χ2v) is 3.69. The van der Waals surface area contributed by atoms with Gasteiger partial charge in [0.25, 0.3) is 0 Å². The van der Waals surface area contributed by atoms with Crippen LogP contribution in [0.1, 0.15) is 18.0 Å². The zero-order valence-corrected chi connectivity index (χ0v) is 10.2. The van der Waals surface area contributed by atoms with Crippen molar-refractivity contribution in [3.05, 3.63) is 42.1 Å². The van der Waals surface area contributed by atoms with Crippen LogP contribution in [0.3, 0.4) is 0 Å². The summed E-state index contributed by atoms with van der Waals surface area (Å²) in [6.07, 6.45) is 2.27. The molecule has 0 radical (unpaired) electrons. The number of H-pyrrole nitrogens is 1. The van der Waals surface area contributed by atoms with Crippen LogP contribution < -0.4 is 5.73 Å². The Hall–Kier alpha value is -1.36. The van der Waals surface area contributed by atoms with Crippen LogP contribution in [0.4, 0.5) is 0 Å². The molecule has 17 heavy (non-hydrogen) atoms. The summed E-state index contributed by atoms with van der Waals surface area (Å²) < 4.78 is 0. The Labute approximate surface area is 106 Å². The number of rotatable bonds is 4. The molecule has 0 saturated carbocycles. The molecule has 0 bridgehead atoms. The number of nitrogens with two attached hydrogens (primary N) is 1. The minimum atomic E-state index is -0.182. The van der Waals surface area contributed by atoms with Crippen LogP contribution in [-0.4, -0.2) is 21.9 Å². The van der Waals surface area contributed by atoms with Crippen molar-refractivity contribution in [1.29, 1.82) is 0 Å². The van der Waals surface area contributed by atoms with Gasteiger partial charge in [-0.15, -0.1) is 12.4 Å². The summed E-state index contributed by atoms with van der Waals surface area (Å²) in [7, 11) is 0. The van der Waals surface area contributed by atoms with E-state index in [1.807, 2.05) is 30.3 Å². The van der Waals surface area contributed by atoms with Gasteiger partial charge < -0.3 is 10.8 Å². The van der Waals surface area contributed by atoms with Gasteiger partial charge >= 0.3 is 0 Å². The van der Waals surface area contributed by atoms with Crippen LogP contribution in [0, 0.1) is 0 Å². The molecule has 4 nitrogen and oxygen atoms in total. The molecule has 4 N–H and O–H groups in total. The highest BCUT2D eigenvalue weighted by Gasteiger charge is 2.13. The summed E-state index contributed by atoms with van der Waals surface area (Å²) in [5, 5.41) is 15.9. The van der Waals surface area contributed by atoms with Crippen molar-refractivity contribution >= 4 is 12.4 Å². The van der Waals surface area contributed by atoms with Gasteiger partial charge in [-0.05, 0) is 12.0 Å². The molecule has 0 saturated heterocycles. The second-order valence-electron chi connectivity index (χ2n) is 3.69. The molecule has 1 unspecified atom stereocenters. The predicted molar refractivity (Wildman–Crippen MR) is 69.9 cm³/mol. The summed E-state index contributed by atoms with van der Waals surface area (Å²) in [5.74, 6) is 0. The summed E-state index contributed by atoms with van der Waals surface area (Å²) in [6, 6.07) is 9.73. The lowest BCUT2D eigenvalue weighted by Crippen LogP contribution is -2.12. The zero-order chi connectivity index (χ0) is 11.4. The van der Waals surface area contributed by atoms with Crippen molar-refractivity contribution < 1.29 is 5.11 Å². The number of aliphatic hydroxyl groups is 1. The fraction of sp³-hybridized carbons (Fsp3) is 0.250. The predicted octanol–water partition coefficient (Wildman–Crippen LogP) is 1.88. The lowest BCUT2D eigenvalue weighted by Gasteiger charge is -2.10. The molecule has 0 fully saturated rings. The van der Waals surface area contributed by atoms with Gasteiger partial charge in [-0.25, -0.2) is 0 Å². The van der Waals surface area contributed by atoms with Crippen molar-refractivity contribution in [2.24, 2.45) is 5.73 Å². The van der Waals surface area contributed by atoms with Crippen molar-refractivity contribution in [2.45, 2.75) is 12.5 Å². The Morgan fingerprint density at radius 1 is 1.29 bits per heavy atom. The molecule has 0 amide bonds. The van der Waals surface area contributed by atoms with E-state index in [-0.39, 0.29) is 25.1 Å². The van der Waals surface area contributed by atoms with Crippen molar-refractivity contribution in [3.63, 3.8) is 0 Å². The monoisotopic (exact) mass is 253 g/mol. The van der Waals surface area contributed by atoms with E-state index in [1.165, 1.54) is 0 Å². The zero-order valence-electron chi connectivity index (χ0n) is 9.34. The van der Waals surface area contributed by atoms with Crippen LogP contribution in [-0.2, 0) is 0 Å². The second kappa shape index (κ2) is 6.39. The average Bonchev–Trinajstić information content (AvgIpc) is 2.79. The van der Waals surface area contributed by atoms with Gasteiger partial charge in [0.05, 0.1) is 11.9 Å². The van der Waals surface area contributed by atoms with E-state index in [4.69, 9.17) is 10.8 Å². The van der Waals surface area contributed by atoms with Crippen molar-refractivity contribution in [1.82, 2.24) is 10.2 Å².